The first-order valence-electron chi connectivity index (χ1n) is 4.33. The van der Waals surface area contributed by atoms with Crippen molar-refractivity contribution < 1.29 is 9.90 Å². The van der Waals surface area contributed by atoms with Crippen LogP contribution in [0.3, 0.4) is 0 Å². The van der Waals surface area contributed by atoms with Crippen molar-refractivity contribution in [2.75, 3.05) is 13.2 Å². The fourth-order valence-electron chi connectivity index (χ4n) is 1.58. The second-order valence-corrected chi connectivity index (χ2v) is 3.30. The summed E-state index contributed by atoms with van der Waals surface area (Å²) in [6.45, 7) is 2.47. The van der Waals surface area contributed by atoms with Crippen LogP contribution in [0.1, 0.15) is 19.8 Å². The van der Waals surface area contributed by atoms with Crippen LogP contribution in [0.25, 0.3) is 0 Å². The number of aliphatic hydroxyl groups is 1. The minimum Gasteiger partial charge on any atom is -0.394 e. The number of nitrogens with two attached hydrogens (primary N) is 1. The molecule has 0 aromatic heterocycles. The van der Waals surface area contributed by atoms with Crippen molar-refractivity contribution in [3.8, 4) is 0 Å². The summed E-state index contributed by atoms with van der Waals surface area (Å²) in [4.78, 5) is 13.1. The monoisotopic (exact) mass is 172 g/mol. The van der Waals surface area contributed by atoms with Crippen LogP contribution in [0.5, 0.6) is 0 Å². The number of nitrogens with zero attached hydrogens (tertiary/aromatic N) is 1. The first-order chi connectivity index (χ1) is 5.66. The zero-order chi connectivity index (χ0) is 9.14. The third-order valence-corrected chi connectivity index (χ3v) is 2.26. The molecule has 1 saturated heterocycles. The summed E-state index contributed by atoms with van der Waals surface area (Å²) in [5.41, 5.74) is 5.46. The van der Waals surface area contributed by atoms with Gasteiger partial charge in [0.1, 0.15) is 0 Å². The van der Waals surface area contributed by atoms with Crippen molar-refractivity contribution >= 4 is 5.91 Å². The second-order valence-electron chi connectivity index (χ2n) is 3.30. The van der Waals surface area contributed by atoms with E-state index < -0.39 is 6.04 Å². The number of rotatable bonds is 2. The third-order valence-electron chi connectivity index (χ3n) is 2.26. The average Bonchev–Trinajstić information content (AvgIpc) is 2.49. The topological polar surface area (TPSA) is 66.6 Å². The largest absolute Gasteiger partial charge is 0.394 e. The van der Waals surface area contributed by atoms with Crippen LogP contribution in [-0.2, 0) is 4.79 Å². The van der Waals surface area contributed by atoms with Crippen LogP contribution in [-0.4, -0.2) is 41.1 Å². The predicted octanol–water partition coefficient (Wildman–Crippen LogP) is -0.683. The van der Waals surface area contributed by atoms with Gasteiger partial charge in [0.05, 0.1) is 18.7 Å². The molecule has 70 valence electrons. The highest BCUT2D eigenvalue weighted by Gasteiger charge is 2.29. The molecule has 1 aliphatic rings. The fraction of sp³-hybridized carbons (Fsp3) is 0.875. The van der Waals surface area contributed by atoms with Gasteiger partial charge < -0.3 is 15.7 Å². The number of aliphatic hydroxyl groups excluding tert-OH is 1. The lowest BCUT2D eigenvalue weighted by Crippen LogP contribution is -2.45. The van der Waals surface area contributed by atoms with E-state index in [4.69, 9.17) is 10.8 Å². The molecular weight excluding hydrogens is 156 g/mol. The Hall–Kier alpha value is -0.610. The highest BCUT2D eigenvalue weighted by molar-refractivity contribution is 5.81. The average molecular weight is 172 g/mol. The van der Waals surface area contributed by atoms with E-state index in [0.717, 1.165) is 19.4 Å². The molecule has 0 aliphatic carbocycles. The van der Waals surface area contributed by atoms with E-state index in [1.807, 2.05) is 0 Å². The molecule has 0 aromatic carbocycles. The van der Waals surface area contributed by atoms with Crippen molar-refractivity contribution in [1.29, 1.82) is 0 Å². The van der Waals surface area contributed by atoms with Gasteiger partial charge in [-0.1, -0.05) is 0 Å². The Labute approximate surface area is 72.3 Å². The lowest BCUT2D eigenvalue weighted by molar-refractivity contribution is -0.133. The van der Waals surface area contributed by atoms with E-state index in [-0.39, 0.29) is 18.6 Å². The minimum absolute atomic E-state index is 0.00324. The predicted molar refractivity (Wildman–Crippen MR) is 45.5 cm³/mol. The number of carbonyl (C=O) groups excluding carboxylic acids is 1. The van der Waals surface area contributed by atoms with Gasteiger partial charge in [-0.3, -0.25) is 4.79 Å². The Balaban J connectivity index is 2.55. The molecule has 4 nitrogen and oxygen atoms in total. The molecule has 0 aromatic rings. The van der Waals surface area contributed by atoms with Gasteiger partial charge in [0.15, 0.2) is 0 Å². The molecule has 12 heavy (non-hydrogen) atoms. The van der Waals surface area contributed by atoms with Gasteiger partial charge in [0, 0.05) is 6.54 Å². The number of amides is 1. The van der Waals surface area contributed by atoms with Gasteiger partial charge in [-0.15, -0.1) is 0 Å². The van der Waals surface area contributed by atoms with E-state index in [2.05, 4.69) is 0 Å². The standard InChI is InChI=1S/C8H16N2O2/c1-6(9)8(12)10-4-2-3-7(10)5-11/h6-7,11H,2-5,9H2,1H3/t6-,7+/m1/s1. The molecule has 0 unspecified atom stereocenters. The second kappa shape index (κ2) is 3.87. The Kier molecular flexibility index (Phi) is 3.05. The molecule has 0 spiro atoms. The van der Waals surface area contributed by atoms with Crippen molar-refractivity contribution in [1.82, 2.24) is 4.90 Å². The highest BCUT2D eigenvalue weighted by atomic mass is 16.3. The molecule has 2 atom stereocenters. The van der Waals surface area contributed by atoms with Gasteiger partial charge in [0.2, 0.25) is 5.91 Å². The molecule has 0 radical (unpaired) electrons. The maximum atomic E-state index is 11.4. The Bertz CT molecular complexity index is 170. The summed E-state index contributed by atoms with van der Waals surface area (Å²) in [6, 6.07) is -0.444. The van der Waals surface area contributed by atoms with Crippen molar-refractivity contribution in [2.45, 2.75) is 31.8 Å². The summed E-state index contributed by atoms with van der Waals surface area (Å²) in [7, 11) is 0. The summed E-state index contributed by atoms with van der Waals surface area (Å²) in [6.07, 6.45) is 1.87. The summed E-state index contributed by atoms with van der Waals surface area (Å²) >= 11 is 0. The summed E-state index contributed by atoms with van der Waals surface area (Å²) < 4.78 is 0. The smallest absolute Gasteiger partial charge is 0.239 e. The van der Waals surface area contributed by atoms with Crippen LogP contribution >= 0.6 is 0 Å². The Morgan fingerprint density at radius 1 is 1.83 bits per heavy atom. The van der Waals surface area contributed by atoms with Crippen LogP contribution in [0.15, 0.2) is 0 Å². The number of hydrogen-bond acceptors (Lipinski definition) is 3. The number of hydrogen-bond donors (Lipinski definition) is 2. The quantitative estimate of drug-likeness (QED) is 0.580. The van der Waals surface area contributed by atoms with Crippen molar-refractivity contribution in [3.63, 3.8) is 0 Å². The Morgan fingerprint density at radius 2 is 2.50 bits per heavy atom. The SMILES string of the molecule is C[C@@H](N)C(=O)N1CCC[C@H]1CO. The van der Waals surface area contributed by atoms with Crippen molar-refractivity contribution in [3.05, 3.63) is 0 Å². The van der Waals surface area contributed by atoms with Crippen LogP contribution < -0.4 is 5.73 Å². The van der Waals surface area contributed by atoms with Crippen LogP contribution in [0.4, 0.5) is 0 Å². The van der Waals surface area contributed by atoms with Gasteiger partial charge in [-0.25, -0.2) is 0 Å². The van der Waals surface area contributed by atoms with Crippen molar-refractivity contribution in [2.24, 2.45) is 5.73 Å². The molecular formula is C8H16N2O2. The van der Waals surface area contributed by atoms with Crippen LogP contribution in [0.2, 0.25) is 0 Å². The molecule has 1 heterocycles. The van der Waals surface area contributed by atoms with E-state index >= 15 is 0 Å². The zero-order valence-electron chi connectivity index (χ0n) is 7.36. The van der Waals surface area contributed by atoms with Gasteiger partial charge in [0.25, 0.3) is 0 Å². The minimum atomic E-state index is -0.447. The van der Waals surface area contributed by atoms with Gasteiger partial charge in [-0.2, -0.15) is 0 Å². The summed E-state index contributed by atoms with van der Waals surface area (Å²) in [5.74, 6) is -0.0495. The van der Waals surface area contributed by atoms with E-state index in [1.54, 1.807) is 11.8 Å². The van der Waals surface area contributed by atoms with Gasteiger partial charge in [-0.05, 0) is 19.8 Å². The Morgan fingerprint density at radius 3 is 3.00 bits per heavy atom. The normalized spacial score (nSPS) is 25.9. The summed E-state index contributed by atoms with van der Waals surface area (Å²) in [5, 5.41) is 8.93. The third kappa shape index (κ3) is 1.76. The van der Waals surface area contributed by atoms with Crippen LogP contribution in [0, 0.1) is 0 Å². The molecule has 1 aliphatic heterocycles. The first-order valence-corrected chi connectivity index (χ1v) is 4.33. The lowest BCUT2D eigenvalue weighted by atomic mass is 10.2. The lowest BCUT2D eigenvalue weighted by Gasteiger charge is -2.24. The van der Waals surface area contributed by atoms with E-state index in [0.29, 0.717) is 0 Å². The van der Waals surface area contributed by atoms with Gasteiger partial charge >= 0.3 is 0 Å². The molecule has 0 saturated carbocycles. The molecule has 1 amide bonds. The molecule has 0 bridgehead atoms. The fourth-order valence-corrected chi connectivity index (χ4v) is 1.58. The first kappa shape index (κ1) is 9.48. The highest BCUT2D eigenvalue weighted by Crippen LogP contribution is 2.16. The number of carbonyl (C=O) groups is 1. The molecule has 1 fully saturated rings. The zero-order valence-corrected chi connectivity index (χ0v) is 7.36. The maximum Gasteiger partial charge on any atom is 0.239 e. The molecule has 3 N–H and O–H groups in total. The number of likely N-dealkylation sites (tertiary alicyclic amines) is 1. The molecule has 4 heteroatoms. The van der Waals surface area contributed by atoms with E-state index in [1.165, 1.54) is 0 Å². The molecule has 1 rings (SSSR count). The van der Waals surface area contributed by atoms with E-state index in [9.17, 15) is 4.79 Å². The maximum absolute atomic E-state index is 11.4.